The van der Waals surface area contributed by atoms with Gasteiger partial charge < -0.3 is 14.5 Å². The number of nitro groups is 1. The first-order valence-electron chi connectivity index (χ1n) is 8.75. The number of esters is 1. The van der Waals surface area contributed by atoms with Crippen LogP contribution in [0.25, 0.3) is 0 Å². The Morgan fingerprint density at radius 3 is 2.43 bits per heavy atom. The van der Waals surface area contributed by atoms with Crippen LogP contribution in [0.3, 0.4) is 0 Å². The van der Waals surface area contributed by atoms with Gasteiger partial charge >= 0.3 is 11.9 Å². The maximum Gasteiger partial charge on any atom is 0.433 e. The van der Waals surface area contributed by atoms with E-state index in [9.17, 15) is 24.5 Å². The number of amides is 1. The van der Waals surface area contributed by atoms with Crippen molar-refractivity contribution in [2.24, 2.45) is 0 Å². The predicted octanol–water partition coefficient (Wildman–Crippen LogP) is 3.75. The lowest BCUT2D eigenvalue weighted by molar-refractivity contribution is -0.402. The molecule has 1 heterocycles. The van der Waals surface area contributed by atoms with Gasteiger partial charge in [0.2, 0.25) is 11.7 Å². The quantitative estimate of drug-likeness (QED) is 0.216. The molecule has 2 aromatic rings. The van der Waals surface area contributed by atoms with Crippen LogP contribution in [0.1, 0.15) is 53.5 Å². The van der Waals surface area contributed by atoms with Crippen LogP contribution in [-0.2, 0) is 9.53 Å². The van der Waals surface area contributed by atoms with Gasteiger partial charge in [-0.2, -0.15) is 0 Å². The SMILES string of the molecule is CCCCCC(=O)Nc1ccc(C(=O)COC(=O)c2ccc([N+](=O)[O-])o2)cc1. The molecule has 0 saturated carbocycles. The van der Waals surface area contributed by atoms with Gasteiger partial charge in [0.1, 0.15) is 4.92 Å². The molecular formula is C19H20N2O7. The second kappa shape index (κ2) is 10.0. The Morgan fingerprint density at radius 2 is 1.82 bits per heavy atom. The monoisotopic (exact) mass is 388 g/mol. The molecule has 1 amide bonds. The molecule has 1 aromatic carbocycles. The van der Waals surface area contributed by atoms with Gasteiger partial charge in [0.15, 0.2) is 12.4 Å². The summed E-state index contributed by atoms with van der Waals surface area (Å²) >= 11 is 0. The van der Waals surface area contributed by atoms with E-state index in [4.69, 9.17) is 9.15 Å². The van der Waals surface area contributed by atoms with Crippen molar-refractivity contribution < 1.29 is 28.5 Å². The molecule has 1 N–H and O–H groups in total. The predicted molar refractivity (Wildman–Crippen MR) is 99.2 cm³/mol. The van der Waals surface area contributed by atoms with E-state index in [-0.39, 0.29) is 11.7 Å². The number of Topliss-reactive ketones (excluding diaryl/α,β-unsaturated/α-hetero) is 1. The van der Waals surface area contributed by atoms with Crippen molar-refractivity contribution in [2.45, 2.75) is 32.6 Å². The molecule has 0 fully saturated rings. The van der Waals surface area contributed by atoms with Crippen LogP contribution in [-0.4, -0.2) is 29.2 Å². The number of rotatable bonds is 10. The Kier molecular flexibility index (Phi) is 7.44. The number of ketones is 1. The molecule has 0 bridgehead atoms. The number of carbonyl (C=O) groups excluding carboxylic acids is 3. The zero-order chi connectivity index (χ0) is 20.5. The summed E-state index contributed by atoms with van der Waals surface area (Å²) in [5.41, 5.74) is 0.861. The smallest absolute Gasteiger partial charge is 0.433 e. The van der Waals surface area contributed by atoms with Crippen molar-refractivity contribution in [3.05, 3.63) is 57.8 Å². The minimum absolute atomic E-state index is 0.0889. The maximum absolute atomic E-state index is 12.1. The standard InChI is InChI=1S/C19H20N2O7/c1-2-3-4-5-17(23)20-14-8-6-13(7-9-14)15(22)12-27-19(24)16-10-11-18(28-16)21(25)26/h6-11H,2-5,12H2,1H3,(H,20,23). The third-order valence-electron chi connectivity index (χ3n) is 3.81. The summed E-state index contributed by atoms with van der Waals surface area (Å²) < 4.78 is 9.52. The average Bonchev–Trinajstić information content (AvgIpc) is 3.17. The summed E-state index contributed by atoms with van der Waals surface area (Å²) in [5, 5.41) is 13.3. The van der Waals surface area contributed by atoms with E-state index < -0.39 is 29.2 Å². The van der Waals surface area contributed by atoms with Gasteiger partial charge in [-0.1, -0.05) is 19.8 Å². The number of furan rings is 1. The van der Waals surface area contributed by atoms with Crippen molar-refractivity contribution in [3.8, 4) is 0 Å². The Labute approximate surface area is 160 Å². The number of anilines is 1. The fourth-order valence-corrected chi connectivity index (χ4v) is 2.32. The van der Waals surface area contributed by atoms with Crippen LogP contribution < -0.4 is 5.32 Å². The van der Waals surface area contributed by atoms with Gasteiger partial charge in [0.05, 0.1) is 6.07 Å². The number of hydrogen-bond donors (Lipinski definition) is 1. The molecule has 0 spiro atoms. The molecule has 1 aromatic heterocycles. The molecular weight excluding hydrogens is 368 g/mol. The van der Waals surface area contributed by atoms with Gasteiger partial charge in [0, 0.05) is 17.7 Å². The van der Waals surface area contributed by atoms with Crippen LogP contribution in [0.5, 0.6) is 0 Å². The number of nitrogens with zero attached hydrogens (tertiary/aromatic N) is 1. The summed E-state index contributed by atoms with van der Waals surface area (Å²) in [6.45, 7) is 1.51. The lowest BCUT2D eigenvalue weighted by Gasteiger charge is -2.06. The van der Waals surface area contributed by atoms with E-state index in [1.54, 1.807) is 12.1 Å². The van der Waals surface area contributed by atoms with Gasteiger partial charge in [0.25, 0.3) is 0 Å². The third-order valence-corrected chi connectivity index (χ3v) is 3.81. The second-order valence-corrected chi connectivity index (χ2v) is 5.98. The van der Waals surface area contributed by atoms with E-state index in [1.165, 1.54) is 12.1 Å². The number of hydrogen-bond acceptors (Lipinski definition) is 7. The fourth-order valence-electron chi connectivity index (χ4n) is 2.32. The summed E-state index contributed by atoms with van der Waals surface area (Å²) in [5.74, 6) is -2.48. The van der Waals surface area contributed by atoms with Gasteiger partial charge in [-0.25, -0.2) is 4.79 Å². The van der Waals surface area contributed by atoms with Gasteiger partial charge in [-0.15, -0.1) is 0 Å². The molecule has 0 aliphatic carbocycles. The molecule has 0 saturated heterocycles. The molecule has 9 nitrogen and oxygen atoms in total. The van der Waals surface area contributed by atoms with Crippen molar-refractivity contribution in [1.29, 1.82) is 0 Å². The molecule has 148 valence electrons. The van der Waals surface area contributed by atoms with Crippen LogP contribution in [0.15, 0.2) is 40.8 Å². The van der Waals surface area contributed by atoms with Crippen LogP contribution in [0.4, 0.5) is 11.6 Å². The molecule has 2 rings (SSSR count). The second-order valence-electron chi connectivity index (χ2n) is 5.98. The normalized spacial score (nSPS) is 10.3. The highest BCUT2D eigenvalue weighted by Gasteiger charge is 2.19. The molecule has 28 heavy (non-hydrogen) atoms. The molecule has 0 unspecified atom stereocenters. The number of carbonyl (C=O) groups is 3. The van der Waals surface area contributed by atoms with Crippen molar-refractivity contribution >= 4 is 29.2 Å². The lowest BCUT2D eigenvalue weighted by atomic mass is 10.1. The highest BCUT2D eigenvalue weighted by atomic mass is 16.7. The van der Waals surface area contributed by atoms with E-state index in [1.807, 2.05) is 0 Å². The Balaban J connectivity index is 1.84. The zero-order valence-electron chi connectivity index (χ0n) is 15.3. The highest BCUT2D eigenvalue weighted by Crippen LogP contribution is 2.17. The van der Waals surface area contributed by atoms with Crippen LogP contribution >= 0.6 is 0 Å². The summed E-state index contributed by atoms with van der Waals surface area (Å²) in [4.78, 5) is 45.4. The largest absolute Gasteiger partial charge is 0.451 e. The topological polar surface area (TPSA) is 129 Å². The van der Waals surface area contributed by atoms with E-state index >= 15 is 0 Å². The lowest BCUT2D eigenvalue weighted by Crippen LogP contribution is -2.14. The number of ether oxygens (including phenoxy) is 1. The van der Waals surface area contributed by atoms with Crippen LogP contribution in [0.2, 0.25) is 0 Å². The Hall–Kier alpha value is -3.49. The number of unbranched alkanes of at least 4 members (excludes halogenated alkanes) is 2. The first kappa shape index (κ1) is 20.8. The summed E-state index contributed by atoms with van der Waals surface area (Å²) in [6.07, 6.45) is 3.29. The fraction of sp³-hybridized carbons (Fsp3) is 0.316. The highest BCUT2D eigenvalue weighted by molar-refractivity contribution is 5.99. The summed E-state index contributed by atoms with van der Waals surface area (Å²) in [7, 11) is 0. The van der Waals surface area contributed by atoms with Crippen molar-refractivity contribution in [3.63, 3.8) is 0 Å². The van der Waals surface area contributed by atoms with Crippen molar-refractivity contribution in [1.82, 2.24) is 0 Å². The molecule has 0 radical (unpaired) electrons. The van der Waals surface area contributed by atoms with Gasteiger partial charge in [-0.05, 0) is 36.8 Å². The van der Waals surface area contributed by atoms with Crippen LogP contribution in [0, 0.1) is 10.1 Å². The molecule has 0 aliphatic rings. The van der Waals surface area contributed by atoms with Gasteiger partial charge in [-0.3, -0.25) is 19.7 Å². The molecule has 0 atom stereocenters. The number of nitrogens with one attached hydrogen (secondary N) is 1. The molecule has 9 heteroatoms. The minimum atomic E-state index is -0.975. The first-order chi connectivity index (χ1) is 13.4. The number of benzene rings is 1. The Bertz CT molecular complexity index is 855. The first-order valence-corrected chi connectivity index (χ1v) is 8.75. The third kappa shape index (κ3) is 6.04. The summed E-state index contributed by atoms with van der Waals surface area (Å²) in [6, 6.07) is 8.31. The zero-order valence-corrected chi connectivity index (χ0v) is 15.3. The Morgan fingerprint density at radius 1 is 1.11 bits per heavy atom. The average molecular weight is 388 g/mol. The maximum atomic E-state index is 12.1. The molecule has 0 aliphatic heterocycles. The van der Waals surface area contributed by atoms with E-state index in [0.717, 1.165) is 31.4 Å². The van der Waals surface area contributed by atoms with Crippen molar-refractivity contribution in [2.75, 3.05) is 11.9 Å². The minimum Gasteiger partial charge on any atom is -0.451 e. The van der Waals surface area contributed by atoms with E-state index in [0.29, 0.717) is 17.7 Å². The van der Waals surface area contributed by atoms with E-state index in [2.05, 4.69) is 12.2 Å².